The zero-order valence-electron chi connectivity index (χ0n) is 12.8. The van der Waals surface area contributed by atoms with Gasteiger partial charge in [-0.25, -0.2) is 9.59 Å². The number of unbranched alkanes of at least 4 members (excludes halogenated alkanes) is 1. The molecule has 0 bridgehead atoms. The predicted molar refractivity (Wildman–Crippen MR) is 83.3 cm³/mol. The molecule has 0 unspecified atom stereocenters. The van der Waals surface area contributed by atoms with Gasteiger partial charge in [-0.1, -0.05) is 51.8 Å². The maximum atomic E-state index is 10.3. The van der Waals surface area contributed by atoms with Gasteiger partial charge < -0.3 is 9.47 Å². The molecular formula is C16H26O4. The molecule has 0 saturated carbocycles. The fourth-order valence-electron chi connectivity index (χ4n) is 0.550. The minimum atomic E-state index is -0.347. The Morgan fingerprint density at radius 3 is 1.85 bits per heavy atom. The second kappa shape index (κ2) is 19.2. The molecule has 20 heavy (non-hydrogen) atoms. The molecule has 0 spiro atoms. The van der Waals surface area contributed by atoms with Gasteiger partial charge in [0.05, 0.1) is 13.7 Å². The van der Waals surface area contributed by atoms with E-state index in [1.807, 2.05) is 6.92 Å². The third-order valence-electron chi connectivity index (χ3n) is 1.61. The van der Waals surface area contributed by atoms with Gasteiger partial charge in [-0.3, -0.25) is 0 Å². The van der Waals surface area contributed by atoms with Crippen LogP contribution in [0.25, 0.3) is 0 Å². The normalized spacial score (nSPS) is 7.55. The number of ether oxygens (including phenoxy) is 2. The number of rotatable bonds is 6. The molecule has 0 saturated heterocycles. The van der Waals surface area contributed by atoms with Crippen LogP contribution >= 0.6 is 0 Å². The Morgan fingerprint density at radius 1 is 1.15 bits per heavy atom. The second-order valence-corrected chi connectivity index (χ2v) is 3.47. The molecule has 0 aromatic heterocycles. The summed E-state index contributed by atoms with van der Waals surface area (Å²) in [5.74, 6) is -0.677. The summed E-state index contributed by atoms with van der Waals surface area (Å²) < 4.78 is 8.95. The number of allylic oxidation sites excluding steroid dienone is 2. The topological polar surface area (TPSA) is 52.6 Å². The van der Waals surface area contributed by atoms with E-state index in [1.54, 1.807) is 19.1 Å². The predicted octanol–water partition coefficient (Wildman–Crippen LogP) is 3.61. The molecule has 0 rings (SSSR count). The zero-order valence-corrected chi connectivity index (χ0v) is 12.8. The monoisotopic (exact) mass is 282 g/mol. The largest absolute Gasteiger partial charge is 0.466 e. The van der Waals surface area contributed by atoms with Gasteiger partial charge in [-0.2, -0.15) is 0 Å². The van der Waals surface area contributed by atoms with Crippen molar-refractivity contribution in [3.8, 4) is 0 Å². The molecule has 0 radical (unpaired) electrons. The number of methoxy groups -OCH3 is 1. The highest BCUT2D eigenvalue weighted by molar-refractivity contribution is 5.86. The molecule has 114 valence electrons. The summed E-state index contributed by atoms with van der Waals surface area (Å²) in [6, 6.07) is 0. The second-order valence-electron chi connectivity index (χ2n) is 3.47. The van der Waals surface area contributed by atoms with Gasteiger partial charge in [-0.05, 0) is 13.3 Å². The molecule has 0 atom stereocenters. The summed E-state index contributed by atoms with van der Waals surface area (Å²) in [7, 11) is 1.33. The first kappa shape index (κ1) is 23.0. The van der Waals surface area contributed by atoms with Gasteiger partial charge in [0.2, 0.25) is 0 Å². The lowest BCUT2D eigenvalue weighted by Crippen LogP contribution is -2.00. The highest BCUT2D eigenvalue weighted by Gasteiger charge is 1.95. The summed E-state index contributed by atoms with van der Waals surface area (Å²) in [5, 5.41) is 0. The number of carbonyl (C=O) groups excluding carboxylic acids is 2. The van der Waals surface area contributed by atoms with Crippen LogP contribution in [0, 0.1) is 0 Å². The molecule has 0 aromatic rings. The quantitative estimate of drug-likeness (QED) is 0.323. The molecule has 0 amide bonds. The van der Waals surface area contributed by atoms with Gasteiger partial charge in [-0.15, -0.1) is 0 Å². The Balaban J connectivity index is -0.000000234. The van der Waals surface area contributed by atoms with Gasteiger partial charge in [0.15, 0.2) is 0 Å². The molecule has 0 fully saturated rings. The summed E-state index contributed by atoms with van der Waals surface area (Å²) in [5.41, 5.74) is 0.433. The fraction of sp³-hybridized carbons (Fsp3) is 0.375. The van der Waals surface area contributed by atoms with Crippen LogP contribution in [0.3, 0.4) is 0 Å². The lowest BCUT2D eigenvalue weighted by Gasteiger charge is -1.97. The summed E-state index contributed by atoms with van der Waals surface area (Å²) in [6.45, 7) is 17.5. The molecule has 0 aliphatic heterocycles. The van der Waals surface area contributed by atoms with E-state index < -0.39 is 0 Å². The van der Waals surface area contributed by atoms with Crippen LogP contribution in [0.5, 0.6) is 0 Å². The van der Waals surface area contributed by atoms with E-state index in [0.717, 1.165) is 12.8 Å². The van der Waals surface area contributed by atoms with Crippen LogP contribution < -0.4 is 0 Å². The van der Waals surface area contributed by atoms with Crippen LogP contribution in [-0.2, 0) is 19.1 Å². The fourth-order valence-corrected chi connectivity index (χ4v) is 0.550. The van der Waals surface area contributed by atoms with E-state index in [1.165, 1.54) is 13.2 Å². The van der Waals surface area contributed by atoms with E-state index in [0.29, 0.717) is 12.2 Å². The van der Waals surface area contributed by atoms with E-state index in [4.69, 9.17) is 0 Å². The highest BCUT2D eigenvalue weighted by atomic mass is 16.5. The molecule has 0 aliphatic carbocycles. The first-order chi connectivity index (χ1) is 9.40. The van der Waals surface area contributed by atoms with Crippen molar-refractivity contribution in [2.75, 3.05) is 13.7 Å². The van der Waals surface area contributed by atoms with Crippen molar-refractivity contribution in [1.29, 1.82) is 0 Å². The number of esters is 2. The van der Waals surface area contributed by atoms with Crippen molar-refractivity contribution >= 4 is 11.9 Å². The third kappa shape index (κ3) is 24.9. The van der Waals surface area contributed by atoms with E-state index in [-0.39, 0.29) is 11.9 Å². The van der Waals surface area contributed by atoms with Gasteiger partial charge >= 0.3 is 11.9 Å². The summed E-state index contributed by atoms with van der Waals surface area (Å²) >= 11 is 0. The van der Waals surface area contributed by atoms with Crippen molar-refractivity contribution in [1.82, 2.24) is 0 Å². The Labute approximate surface area is 122 Å². The van der Waals surface area contributed by atoms with Gasteiger partial charge in [0.25, 0.3) is 0 Å². The van der Waals surface area contributed by atoms with E-state index in [2.05, 4.69) is 35.8 Å². The minimum Gasteiger partial charge on any atom is -0.466 e. The highest BCUT2D eigenvalue weighted by Crippen LogP contribution is 1.88. The third-order valence-corrected chi connectivity index (χ3v) is 1.61. The van der Waals surface area contributed by atoms with Gasteiger partial charge in [0, 0.05) is 11.6 Å². The smallest absolute Gasteiger partial charge is 0.332 e. The van der Waals surface area contributed by atoms with Crippen LogP contribution in [0.2, 0.25) is 0 Å². The van der Waals surface area contributed by atoms with Crippen molar-refractivity contribution in [2.45, 2.75) is 26.7 Å². The maximum absolute atomic E-state index is 10.3. The van der Waals surface area contributed by atoms with E-state index >= 15 is 0 Å². The SMILES string of the molecule is C=C(C)C(=O)OC.C=CC(=O)OCCCC.C=CC=C. The van der Waals surface area contributed by atoms with Crippen molar-refractivity contribution in [2.24, 2.45) is 0 Å². The lowest BCUT2D eigenvalue weighted by molar-refractivity contribution is -0.138. The Kier molecular flexibility index (Phi) is 22.2. The Hall–Kier alpha value is -2.10. The number of carbonyl (C=O) groups is 2. The van der Waals surface area contributed by atoms with Crippen LogP contribution in [0.15, 0.2) is 50.1 Å². The zero-order chi connectivity index (χ0) is 16.4. The Bertz CT molecular complexity index is 310. The van der Waals surface area contributed by atoms with Crippen molar-refractivity contribution < 1.29 is 19.1 Å². The van der Waals surface area contributed by atoms with E-state index in [9.17, 15) is 9.59 Å². The molecule has 0 N–H and O–H groups in total. The first-order valence-corrected chi connectivity index (χ1v) is 6.17. The standard InChI is InChI=1S/C7H12O2.C5H8O2.C4H6/c1-3-5-6-9-7(8)4-2;1-4(2)5(6)7-3;1-3-4-2/h4H,2-3,5-6H2,1H3;1H2,2-3H3;3-4H,1-2H2. The molecule has 0 aliphatic rings. The van der Waals surface area contributed by atoms with Crippen molar-refractivity contribution in [3.05, 3.63) is 50.1 Å². The number of hydrogen-bond acceptors (Lipinski definition) is 4. The van der Waals surface area contributed by atoms with Crippen LogP contribution in [0.4, 0.5) is 0 Å². The molecule has 0 heterocycles. The average Bonchev–Trinajstić information content (AvgIpc) is 2.47. The Morgan fingerprint density at radius 2 is 1.65 bits per heavy atom. The first-order valence-electron chi connectivity index (χ1n) is 6.17. The molecule has 4 nitrogen and oxygen atoms in total. The van der Waals surface area contributed by atoms with Crippen LogP contribution in [-0.4, -0.2) is 25.7 Å². The van der Waals surface area contributed by atoms with Crippen LogP contribution in [0.1, 0.15) is 26.7 Å². The summed E-state index contributed by atoms with van der Waals surface area (Å²) in [4.78, 5) is 20.5. The average molecular weight is 282 g/mol. The number of hydrogen-bond donors (Lipinski definition) is 0. The maximum Gasteiger partial charge on any atom is 0.332 e. The molecule has 0 aromatic carbocycles. The lowest BCUT2D eigenvalue weighted by atomic mass is 10.4. The van der Waals surface area contributed by atoms with Crippen molar-refractivity contribution in [3.63, 3.8) is 0 Å². The van der Waals surface area contributed by atoms with Gasteiger partial charge in [0.1, 0.15) is 0 Å². The molecule has 4 heteroatoms. The summed E-state index contributed by atoms with van der Waals surface area (Å²) in [6.07, 6.45) is 6.43. The minimum absolute atomic E-state index is 0.330. The molecular weight excluding hydrogens is 256 g/mol.